The van der Waals surface area contributed by atoms with E-state index in [0.29, 0.717) is 46.9 Å². The highest BCUT2D eigenvalue weighted by molar-refractivity contribution is 6.30. The summed E-state index contributed by atoms with van der Waals surface area (Å²) in [5.41, 5.74) is 1.28. The number of carbonyl (C=O) groups is 1. The Balaban J connectivity index is 2.01. The fraction of sp³-hybridized carbons (Fsp3) is 0.316. The second-order valence-electron chi connectivity index (χ2n) is 5.27. The maximum absolute atomic E-state index is 12.2. The number of ether oxygens (including phenoxy) is 3. The highest BCUT2D eigenvalue weighted by Crippen LogP contribution is 2.31. The van der Waals surface area contributed by atoms with Crippen LogP contribution in [0.4, 0.5) is 11.4 Å². The summed E-state index contributed by atoms with van der Waals surface area (Å²) in [6.45, 7) is 4.91. The Morgan fingerprint density at radius 1 is 1.00 bits per heavy atom. The van der Waals surface area contributed by atoms with Gasteiger partial charge in [0.25, 0.3) is 0 Å². The first-order chi connectivity index (χ1) is 12.6. The Morgan fingerprint density at radius 3 is 2.38 bits per heavy atom. The highest BCUT2D eigenvalue weighted by Gasteiger charge is 2.10. The van der Waals surface area contributed by atoms with Crippen LogP contribution in [0.25, 0.3) is 0 Å². The van der Waals surface area contributed by atoms with Crippen LogP contribution in [0.1, 0.15) is 13.8 Å². The fourth-order valence-corrected chi connectivity index (χ4v) is 2.50. The molecule has 2 aromatic carbocycles. The summed E-state index contributed by atoms with van der Waals surface area (Å²) >= 11 is 5.98. The van der Waals surface area contributed by atoms with E-state index in [1.807, 2.05) is 13.8 Å². The minimum Gasteiger partial charge on any atom is -0.495 e. The SMILES string of the molecule is CCOc1ccc(NC(=O)CNc2cc(Cl)ccc2OC)cc1OCC. The summed E-state index contributed by atoms with van der Waals surface area (Å²) in [5, 5.41) is 6.40. The van der Waals surface area contributed by atoms with Crippen LogP contribution in [0.15, 0.2) is 36.4 Å². The molecule has 0 heterocycles. The van der Waals surface area contributed by atoms with E-state index >= 15 is 0 Å². The number of hydrogen-bond donors (Lipinski definition) is 2. The lowest BCUT2D eigenvalue weighted by molar-refractivity contribution is -0.114. The Kier molecular flexibility index (Phi) is 7.41. The van der Waals surface area contributed by atoms with E-state index in [4.69, 9.17) is 25.8 Å². The Morgan fingerprint density at radius 2 is 1.69 bits per heavy atom. The summed E-state index contributed by atoms with van der Waals surface area (Å²) in [5.74, 6) is 1.64. The quantitative estimate of drug-likeness (QED) is 0.684. The van der Waals surface area contributed by atoms with E-state index in [1.54, 1.807) is 43.5 Å². The van der Waals surface area contributed by atoms with Crippen molar-refractivity contribution in [1.29, 1.82) is 0 Å². The van der Waals surface area contributed by atoms with Crippen LogP contribution < -0.4 is 24.8 Å². The van der Waals surface area contributed by atoms with Crippen molar-refractivity contribution < 1.29 is 19.0 Å². The lowest BCUT2D eigenvalue weighted by Gasteiger charge is -2.14. The molecule has 26 heavy (non-hydrogen) atoms. The van der Waals surface area contributed by atoms with Crippen molar-refractivity contribution in [2.45, 2.75) is 13.8 Å². The van der Waals surface area contributed by atoms with Gasteiger partial charge in [-0.3, -0.25) is 4.79 Å². The third kappa shape index (κ3) is 5.46. The standard InChI is InChI=1S/C19H23ClN2O4/c1-4-25-17-9-7-14(11-18(17)26-5-2)22-19(23)12-21-15-10-13(20)6-8-16(15)24-3/h6-11,21H,4-5,12H2,1-3H3,(H,22,23). The molecule has 2 rings (SSSR count). The monoisotopic (exact) mass is 378 g/mol. The second-order valence-corrected chi connectivity index (χ2v) is 5.71. The molecule has 140 valence electrons. The first-order valence-corrected chi connectivity index (χ1v) is 8.72. The predicted molar refractivity (Wildman–Crippen MR) is 104 cm³/mol. The maximum Gasteiger partial charge on any atom is 0.243 e. The number of hydrogen-bond acceptors (Lipinski definition) is 5. The van der Waals surface area contributed by atoms with Crippen LogP contribution in [0.5, 0.6) is 17.2 Å². The Bertz CT molecular complexity index is 752. The molecule has 0 bridgehead atoms. The van der Waals surface area contributed by atoms with Gasteiger partial charge in [-0.1, -0.05) is 11.6 Å². The van der Waals surface area contributed by atoms with Gasteiger partial charge in [0.05, 0.1) is 32.6 Å². The van der Waals surface area contributed by atoms with Crippen molar-refractivity contribution in [2.75, 3.05) is 37.5 Å². The molecule has 0 saturated heterocycles. The van der Waals surface area contributed by atoms with Crippen molar-refractivity contribution in [2.24, 2.45) is 0 Å². The summed E-state index contributed by atoms with van der Waals surface area (Å²) in [6.07, 6.45) is 0. The van der Waals surface area contributed by atoms with E-state index in [1.165, 1.54) is 0 Å². The third-order valence-corrected chi connectivity index (χ3v) is 3.66. The molecule has 0 saturated carbocycles. The summed E-state index contributed by atoms with van der Waals surface area (Å²) in [7, 11) is 1.56. The average Bonchev–Trinajstić information content (AvgIpc) is 2.62. The number of rotatable bonds is 9. The zero-order valence-corrected chi connectivity index (χ0v) is 15.9. The molecule has 0 aromatic heterocycles. The van der Waals surface area contributed by atoms with Crippen molar-refractivity contribution in [1.82, 2.24) is 0 Å². The number of nitrogens with one attached hydrogen (secondary N) is 2. The molecule has 0 aliphatic rings. The van der Waals surface area contributed by atoms with Gasteiger partial charge < -0.3 is 24.8 Å². The molecule has 6 nitrogen and oxygen atoms in total. The molecule has 0 spiro atoms. The Labute approximate surface area is 158 Å². The van der Waals surface area contributed by atoms with E-state index in [9.17, 15) is 4.79 Å². The van der Waals surface area contributed by atoms with Crippen molar-refractivity contribution in [3.05, 3.63) is 41.4 Å². The number of anilines is 2. The van der Waals surface area contributed by atoms with Crippen molar-refractivity contribution in [3.63, 3.8) is 0 Å². The lowest BCUT2D eigenvalue weighted by atomic mass is 10.2. The molecule has 0 aliphatic heterocycles. The topological polar surface area (TPSA) is 68.8 Å². The molecule has 0 unspecified atom stereocenters. The number of carbonyl (C=O) groups excluding carboxylic acids is 1. The predicted octanol–water partition coefficient (Wildman–Crippen LogP) is 4.20. The number of halogens is 1. The zero-order chi connectivity index (χ0) is 18.9. The van der Waals surface area contributed by atoms with Crippen LogP contribution in [0.3, 0.4) is 0 Å². The van der Waals surface area contributed by atoms with Crippen molar-refractivity contribution in [3.8, 4) is 17.2 Å². The molecule has 0 radical (unpaired) electrons. The normalized spacial score (nSPS) is 10.2. The van der Waals surface area contributed by atoms with E-state index in [-0.39, 0.29) is 12.5 Å². The van der Waals surface area contributed by atoms with Crippen LogP contribution in [-0.2, 0) is 4.79 Å². The van der Waals surface area contributed by atoms with Crippen LogP contribution in [0.2, 0.25) is 5.02 Å². The van der Waals surface area contributed by atoms with Gasteiger partial charge in [0.1, 0.15) is 5.75 Å². The summed E-state index contributed by atoms with van der Waals surface area (Å²) in [4.78, 5) is 12.2. The highest BCUT2D eigenvalue weighted by atomic mass is 35.5. The summed E-state index contributed by atoms with van der Waals surface area (Å²) < 4.78 is 16.3. The molecular weight excluding hydrogens is 356 g/mol. The third-order valence-electron chi connectivity index (χ3n) is 3.43. The van der Waals surface area contributed by atoms with E-state index < -0.39 is 0 Å². The zero-order valence-electron chi connectivity index (χ0n) is 15.1. The molecular formula is C19H23ClN2O4. The largest absolute Gasteiger partial charge is 0.495 e. The van der Waals surface area contributed by atoms with Crippen LogP contribution in [0, 0.1) is 0 Å². The molecule has 2 N–H and O–H groups in total. The van der Waals surface area contributed by atoms with Gasteiger partial charge in [0.2, 0.25) is 5.91 Å². The Hall–Kier alpha value is -2.60. The first kappa shape index (κ1) is 19.7. The second kappa shape index (κ2) is 9.77. The first-order valence-electron chi connectivity index (χ1n) is 8.34. The molecule has 0 atom stereocenters. The fourth-order valence-electron chi connectivity index (χ4n) is 2.33. The number of amides is 1. The van der Waals surface area contributed by atoms with Gasteiger partial charge in [-0.2, -0.15) is 0 Å². The van der Waals surface area contributed by atoms with Gasteiger partial charge >= 0.3 is 0 Å². The number of benzene rings is 2. The molecule has 0 fully saturated rings. The van der Waals surface area contributed by atoms with E-state index in [0.717, 1.165) is 0 Å². The van der Waals surface area contributed by atoms with Gasteiger partial charge in [0, 0.05) is 16.8 Å². The summed E-state index contributed by atoms with van der Waals surface area (Å²) in [6, 6.07) is 10.5. The van der Waals surface area contributed by atoms with Crippen molar-refractivity contribution >= 4 is 28.9 Å². The maximum atomic E-state index is 12.2. The number of methoxy groups -OCH3 is 1. The van der Waals surface area contributed by atoms with Gasteiger partial charge in [0.15, 0.2) is 11.5 Å². The van der Waals surface area contributed by atoms with Gasteiger partial charge in [-0.25, -0.2) is 0 Å². The minimum atomic E-state index is -0.210. The van der Waals surface area contributed by atoms with Gasteiger partial charge in [-0.15, -0.1) is 0 Å². The molecule has 0 aliphatic carbocycles. The molecule has 1 amide bonds. The average molecular weight is 379 g/mol. The van der Waals surface area contributed by atoms with Crippen LogP contribution in [-0.4, -0.2) is 32.8 Å². The smallest absolute Gasteiger partial charge is 0.243 e. The van der Waals surface area contributed by atoms with E-state index in [2.05, 4.69) is 10.6 Å². The lowest BCUT2D eigenvalue weighted by Crippen LogP contribution is -2.22. The van der Waals surface area contributed by atoms with Crippen LogP contribution >= 0.6 is 11.6 Å². The minimum absolute atomic E-state index is 0.0634. The molecule has 7 heteroatoms. The van der Waals surface area contributed by atoms with Gasteiger partial charge in [-0.05, 0) is 44.2 Å². The molecule has 2 aromatic rings.